The maximum Gasteiger partial charge on any atom is 0.243 e. The van der Waals surface area contributed by atoms with Gasteiger partial charge in [0.1, 0.15) is 6.04 Å². The first kappa shape index (κ1) is 20.1. The topological polar surface area (TPSA) is 73.7 Å². The Hall–Kier alpha value is -1.60. The summed E-state index contributed by atoms with van der Waals surface area (Å²) in [6.45, 7) is 3.33. The van der Waals surface area contributed by atoms with Crippen LogP contribution in [0.25, 0.3) is 5.70 Å². The summed E-state index contributed by atoms with van der Waals surface area (Å²) >= 11 is 1.31. The minimum absolute atomic E-state index is 0.0444. The molecule has 2 aliphatic rings. The third-order valence-corrected chi connectivity index (χ3v) is 5.27. The molecule has 1 saturated heterocycles. The van der Waals surface area contributed by atoms with Crippen molar-refractivity contribution in [2.45, 2.75) is 32.4 Å². The molecule has 1 fully saturated rings. The molecule has 146 valence electrons. The first-order valence-corrected chi connectivity index (χ1v) is 10.6. The van der Waals surface area contributed by atoms with E-state index in [2.05, 4.69) is 19.8 Å². The number of carbonyl (C=O) groups is 2. The lowest BCUT2D eigenvalue weighted by atomic mass is 10.1. The molecule has 2 aliphatic heterocycles. The highest BCUT2D eigenvalue weighted by molar-refractivity contribution is 7.93. The maximum atomic E-state index is 12.5. The van der Waals surface area contributed by atoms with Crippen LogP contribution in [-0.4, -0.2) is 47.2 Å². The Balaban J connectivity index is 1.53. The van der Waals surface area contributed by atoms with Crippen molar-refractivity contribution in [2.24, 2.45) is 0 Å². The lowest BCUT2D eigenvalue weighted by molar-refractivity contribution is -0.137. The molecule has 9 heteroatoms. The minimum Gasteiger partial charge on any atom is -0.350 e. The van der Waals surface area contributed by atoms with Gasteiger partial charge in [0, 0.05) is 37.0 Å². The minimum atomic E-state index is -0.369. The third-order valence-electron chi connectivity index (χ3n) is 4.77. The van der Waals surface area contributed by atoms with Gasteiger partial charge in [0.2, 0.25) is 11.8 Å². The van der Waals surface area contributed by atoms with E-state index in [1.807, 2.05) is 37.4 Å². The fourth-order valence-electron chi connectivity index (χ4n) is 3.34. The third kappa shape index (κ3) is 4.63. The average molecular weight is 408 g/mol. The van der Waals surface area contributed by atoms with E-state index in [9.17, 15) is 9.59 Å². The Bertz CT molecular complexity index is 741. The fourth-order valence-corrected chi connectivity index (χ4v) is 3.85. The number of allylic oxidation sites excluding steroid dienone is 1. The molecule has 0 bridgehead atoms. The van der Waals surface area contributed by atoms with Gasteiger partial charge in [0.05, 0.1) is 17.9 Å². The predicted octanol–water partition coefficient (Wildman–Crippen LogP) is 1.89. The summed E-state index contributed by atoms with van der Waals surface area (Å²) in [6.07, 6.45) is 3.45. The number of hydrogen-bond acceptors (Lipinski definition) is 6. The fraction of sp³-hybridized carbons (Fsp3) is 0.444. The molecule has 0 radical (unpaired) electrons. The summed E-state index contributed by atoms with van der Waals surface area (Å²) in [7, 11) is 2.31. The molecule has 0 saturated carbocycles. The number of hydroxylamine groups is 2. The Labute approximate surface area is 166 Å². The number of nitrogens with zero attached hydrogens (tertiary/aromatic N) is 2. The Morgan fingerprint density at radius 3 is 2.74 bits per heavy atom. The zero-order valence-electron chi connectivity index (χ0n) is 15.5. The molecule has 7 nitrogen and oxygen atoms in total. The van der Waals surface area contributed by atoms with E-state index >= 15 is 0 Å². The monoisotopic (exact) mass is 408 g/mol. The molecule has 2 atom stereocenters. The van der Waals surface area contributed by atoms with Crippen molar-refractivity contribution in [3.8, 4) is 0 Å². The first-order valence-electron chi connectivity index (χ1n) is 8.88. The van der Waals surface area contributed by atoms with Gasteiger partial charge in [-0.3, -0.25) is 14.7 Å². The van der Waals surface area contributed by atoms with Gasteiger partial charge in [0.15, 0.2) is 0 Å². The second-order valence-corrected chi connectivity index (χ2v) is 7.40. The van der Waals surface area contributed by atoms with Gasteiger partial charge in [-0.05, 0) is 25.3 Å². The summed E-state index contributed by atoms with van der Waals surface area (Å²) in [6, 6.07) is 7.69. The predicted molar refractivity (Wildman–Crippen MR) is 110 cm³/mol. The van der Waals surface area contributed by atoms with E-state index in [0.717, 1.165) is 28.9 Å². The van der Waals surface area contributed by atoms with Crippen LogP contribution in [0, 0.1) is 0 Å². The Morgan fingerprint density at radius 2 is 2.07 bits per heavy atom. The molecule has 3 rings (SSSR count). The average Bonchev–Trinajstić information content (AvgIpc) is 3.09. The molecular weight excluding hydrogens is 383 g/mol. The van der Waals surface area contributed by atoms with E-state index in [0.29, 0.717) is 19.5 Å². The Kier molecular flexibility index (Phi) is 6.76. The van der Waals surface area contributed by atoms with Crippen molar-refractivity contribution in [3.05, 3.63) is 41.1 Å². The lowest BCUT2D eigenvalue weighted by Gasteiger charge is -2.23. The highest BCUT2D eigenvalue weighted by atomic mass is 32.2. The van der Waals surface area contributed by atoms with Crippen LogP contribution in [0.3, 0.4) is 0 Å². The highest BCUT2D eigenvalue weighted by Gasteiger charge is 2.34. The standard InChI is InChI=1S/C18H25N4O3PS/c1-12-17(22(12)25-27-2)14-7-5-13(6-8-14)10-19-18(24)15-4-3-9-21(15)16(23)11-20-26/h5-8,15,20H,3-4,9-11,26H2,1-2H3,(H,19,24). The highest BCUT2D eigenvalue weighted by Crippen LogP contribution is 2.41. The number of nitrogens with one attached hydrogen (secondary N) is 2. The molecular formula is C18H25N4O3PS. The van der Waals surface area contributed by atoms with Gasteiger partial charge >= 0.3 is 0 Å². The van der Waals surface area contributed by atoms with Gasteiger partial charge in [-0.2, -0.15) is 4.28 Å². The van der Waals surface area contributed by atoms with Crippen molar-refractivity contribution in [1.82, 2.24) is 20.4 Å². The summed E-state index contributed by atoms with van der Waals surface area (Å²) in [4.78, 5) is 26.3. The molecule has 0 aliphatic carbocycles. The Morgan fingerprint density at radius 1 is 1.33 bits per heavy atom. The number of amides is 2. The molecule has 1 aromatic carbocycles. The number of carbonyl (C=O) groups excluding carboxylic acids is 2. The van der Waals surface area contributed by atoms with Gasteiger partial charge in [-0.25, -0.2) is 5.06 Å². The normalized spacial score (nSPS) is 18.9. The quantitative estimate of drug-likeness (QED) is 0.506. The van der Waals surface area contributed by atoms with Crippen LogP contribution in [0.4, 0.5) is 0 Å². The first-order chi connectivity index (χ1) is 13.1. The van der Waals surface area contributed by atoms with Gasteiger partial charge in [-0.1, -0.05) is 33.7 Å². The maximum absolute atomic E-state index is 12.5. The van der Waals surface area contributed by atoms with E-state index < -0.39 is 0 Å². The van der Waals surface area contributed by atoms with Crippen LogP contribution < -0.4 is 10.4 Å². The van der Waals surface area contributed by atoms with E-state index in [1.54, 1.807) is 9.96 Å². The second-order valence-electron chi connectivity index (χ2n) is 6.51. The molecule has 0 aromatic heterocycles. The number of rotatable bonds is 8. The molecule has 1 aromatic rings. The van der Waals surface area contributed by atoms with Crippen LogP contribution >= 0.6 is 21.4 Å². The zero-order valence-corrected chi connectivity index (χ0v) is 17.5. The van der Waals surface area contributed by atoms with Gasteiger partial charge in [-0.15, -0.1) is 0 Å². The molecule has 0 spiro atoms. The van der Waals surface area contributed by atoms with Crippen LogP contribution in [0.15, 0.2) is 30.0 Å². The molecule has 2 unspecified atom stereocenters. The molecule has 2 N–H and O–H groups in total. The summed E-state index contributed by atoms with van der Waals surface area (Å²) in [5, 5.41) is 7.54. The lowest BCUT2D eigenvalue weighted by Crippen LogP contribution is -2.47. The SMILES string of the molecule is CSON1C(C)=C1c1ccc(CNC(=O)C2CCCN2C(=O)CNP)cc1. The number of benzene rings is 1. The van der Waals surface area contributed by atoms with Crippen molar-refractivity contribution in [3.63, 3.8) is 0 Å². The zero-order chi connectivity index (χ0) is 19.4. The van der Waals surface area contributed by atoms with E-state index in [1.165, 1.54) is 12.0 Å². The largest absolute Gasteiger partial charge is 0.350 e. The summed E-state index contributed by atoms with van der Waals surface area (Å²) < 4.78 is 5.43. The molecule has 2 amide bonds. The number of likely N-dealkylation sites (tertiary alicyclic amines) is 1. The van der Waals surface area contributed by atoms with E-state index in [-0.39, 0.29) is 24.4 Å². The van der Waals surface area contributed by atoms with Crippen LogP contribution in [0.5, 0.6) is 0 Å². The smallest absolute Gasteiger partial charge is 0.243 e. The molecule has 2 heterocycles. The summed E-state index contributed by atoms with van der Waals surface area (Å²) in [5.41, 5.74) is 4.30. The molecule has 27 heavy (non-hydrogen) atoms. The van der Waals surface area contributed by atoms with Crippen molar-refractivity contribution < 1.29 is 13.9 Å². The van der Waals surface area contributed by atoms with E-state index in [4.69, 9.17) is 4.28 Å². The van der Waals surface area contributed by atoms with Crippen LogP contribution in [0.2, 0.25) is 0 Å². The van der Waals surface area contributed by atoms with Crippen LogP contribution in [-0.2, 0) is 20.4 Å². The summed E-state index contributed by atoms with van der Waals surface area (Å²) in [5.74, 6) is -0.133. The second kappa shape index (κ2) is 9.06. The van der Waals surface area contributed by atoms with Crippen molar-refractivity contribution in [1.29, 1.82) is 0 Å². The van der Waals surface area contributed by atoms with Gasteiger partial charge in [0.25, 0.3) is 0 Å². The van der Waals surface area contributed by atoms with Gasteiger partial charge < -0.3 is 10.2 Å². The van der Waals surface area contributed by atoms with Crippen molar-refractivity contribution in [2.75, 3.05) is 19.3 Å². The van der Waals surface area contributed by atoms with Crippen LogP contribution in [0.1, 0.15) is 30.9 Å². The van der Waals surface area contributed by atoms with Crippen molar-refractivity contribution >= 4 is 38.9 Å². The number of hydrogen-bond donors (Lipinski definition) is 2.